The highest BCUT2D eigenvalue weighted by atomic mass is 16.5. The maximum absolute atomic E-state index is 13.1. The van der Waals surface area contributed by atoms with Gasteiger partial charge >= 0.3 is 0 Å². The van der Waals surface area contributed by atoms with Crippen molar-refractivity contribution in [2.45, 2.75) is 31.7 Å². The molecule has 3 amide bonds. The number of aldehydes is 1. The van der Waals surface area contributed by atoms with Gasteiger partial charge in [-0.25, -0.2) is 0 Å². The van der Waals surface area contributed by atoms with Gasteiger partial charge in [0.15, 0.2) is 0 Å². The third-order valence-corrected chi connectivity index (χ3v) is 6.01. The van der Waals surface area contributed by atoms with Crippen molar-refractivity contribution in [2.24, 2.45) is 0 Å². The Morgan fingerprint density at radius 3 is 2.50 bits per heavy atom. The van der Waals surface area contributed by atoms with Crippen LogP contribution in [0.25, 0.3) is 10.9 Å². The Balaban J connectivity index is 1.33. The number of unbranched alkanes of at least 4 members (excludes halogenated alkanes) is 1. The second-order valence-electron chi connectivity index (χ2n) is 8.30. The van der Waals surface area contributed by atoms with Crippen LogP contribution in [0.3, 0.4) is 0 Å². The van der Waals surface area contributed by atoms with Crippen molar-refractivity contribution in [3.05, 3.63) is 65.9 Å². The van der Waals surface area contributed by atoms with Crippen molar-refractivity contribution in [1.29, 1.82) is 0 Å². The Morgan fingerprint density at radius 2 is 1.75 bits per heavy atom. The van der Waals surface area contributed by atoms with Gasteiger partial charge in [-0.1, -0.05) is 18.2 Å². The summed E-state index contributed by atoms with van der Waals surface area (Å²) < 4.78 is 11.8. The molecule has 36 heavy (non-hydrogen) atoms. The first-order valence-corrected chi connectivity index (χ1v) is 11.8. The van der Waals surface area contributed by atoms with Crippen LogP contribution in [-0.2, 0) is 9.59 Å². The average molecular weight is 490 g/mol. The fraction of sp³-hybridized carbons (Fsp3) is 0.296. The number of para-hydroxylation sites is 1. The van der Waals surface area contributed by atoms with E-state index in [-0.39, 0.29) is 29.9 Å². The highest BCUT2D eigenvalue weighted by Crippen LogP contribution is 2.33. The minimum Gasteiger partial charge on any atom is -0.493 e. The molecule has 0 saturated heterocycles. The molecular formula is C27H27N3O6. The van der Waals surface area contributed by atoms with Crippen LogP contribution in [0, 0.1) is 0 Å². The fourth-order valence-electron chi connectivity index (χ4n) is 4.12. The third kappa shape index (κ3) is 5.19. The normalized spacial score (nSPS) is 13.4. The zero-order chi connectivity index (χ0) is 25.5. The SMILES string of the molecule is CNC(=O)CCC(C=O)N1C(=O)c2cccc(OCCCCOc3ccnc4ccccc34)c2C1=O. The maximum Gasteiger partial charge on any atom is 0.265 e. The van der Waals surface area contributed by atoms with Gasteiger partial charge in [-0.2, -0.15) is 0 Å². The first-order valence-electron chi connectivity index (χ1n) is 11.8. The second kappa shape index (κ2) is 11.4. The first-order chi connectivity index (χ1) is 17.5. The van der Waals surface area contributed by atoms with Crippen molar-refractivity contribution >= 4 is 34.9 Å². The molecule has 9 heteroatoms. The van der Waals surface area contributed by atoms with Crippen LogP contribution in [0.4, 0.5) is 0 Å². The van der Waals surface area contributed by atoms with E-state index in [0.29, 0.717) is 31.7 Å². The van der Waals surface area contributed by atoms with Crippen molar-refractivity contribution in [3.63, 3.8) is 0 Å². The van der Waals surface area contributed by atoms with E-state index < -0.39 is 17.9 Å². The van der Waals surface area contributed by atoms with Crippen LogP contribution in [-0.4, -0.2) is 60.2 Å². The van der Waals surface area contributed by atoms with Gasteiger partial charge in [0, 0.05) is 25.1 Å². The van der Waals surface area contributed by atoms with E-state index >= 15 is 0 Å². The summed E-state index contributed by atoms with van der Waals surface area (Å²) in [6.45, 7) is 0.813. The van der Waals surface area contributed by atoms with Gasteiger partial charge < -0.3 is 19.6 Å². The monoisotopic (exact) mass is 489 g/mol. The number of imide groups is 1. The number of rotatable bonds is 12. The smallest absolute Gasteiger partial charge is 0.265 e. The number of nitrogens with zero attached hydrogens (tertiary/aromatic N) is 2. The number of carbonyl (C=O) groups is 4. The summed E-state index contributed by atoms with van der Waals surface area (Å²) in [4.78, 5) is 54.4. The lowest BCUT2D eigenvalue weighted by molar-refractivity contribution is -0.121. The highest BCUT2D eigenvalue weighted by Gasteiger charge is 2.42. The zero-order valence-corrected chi connectivity index (χ0v) is 19.9. The third-order valence-electron chi connectivity index (χ3n) is 6.01. The minimum atomic E-state index is -1.02. The summed E-state index contributed by atoms with van der Waals surface area (Å²) in [6.07, 6.45) is 3.70. The summed E-state index contributed by atoms with van der Waals surface area (Å²) in [6, 6.07) is 13.4. The van der Waals surface area contributed by atoms with E-state index in [1.807, 2.05) is 30.3 Å². The van der Waals surface area contributed by atoms with Crippen molar-refractivity contribution in [2.75, 3.05) is 20.3 Å². The highest BCUT2D eigenvalue weighted by molar-refractivity contribution is 6.23. The van der Waals surface area contributed by atoms with E-state index in [1.54, 1.807) is 18.3 Å². The summed E-state index contributed by atoms with van der Waals surface area (Å²) in [5, 5.41) is 3.42. The molecule has 0 saturated carbocycles. The first kappa shape index (κ1) is 24.8. The number of aromatic nitrogens is 1. The standard InChI is InChI=1S/C27H27N3O6/c1-28-24(32)12-11-18(17-31)30-26(33)20-8-6-10-23(25(20)27(30)34)36-16-5-4-15-35-22-13-14-29-21-9-3-2-7-19(21)22/h2-3,6-10,13-14,17-18H,4-5,11-12,15-16H2,1H3,(H,28,32). The molecule has 1 aromatic heterocycles. The van der Waals surface area contributed by atoms with E-state index in [2.05, 4.69) is 10.3 Å². The molecule has 2 aromatic carbocycles. The molecule has 3 aromatic rings. The molecule has 186 valence electrons. The number of fused-ring (bicyclic) bond motifs is 2. The van der Waals surface area contributed by atoms with E-state index in [9.17, 15) is 19.2 Å². The predicted octanol–water partition coefficient (Wildman–Crippen LogP) is 3.16. The molecule has 1 atom stereocenters. The van der Waals surface area contributed by atoms with Crippen LogP contribution in [0.15, 0.2) is 54.7 Å². The topological polar surface area (TPSA) is 115 Å². The van der Waals surface area contributed by atoms with Gasteiger partial charge in [-0.3, -0.25) is 24.3 Å². The molecule has 0 aliphatic carbocycles. The van der Waals surface area contributed by atoms with Crippen molar-refractivity contribution in [3.8, 4) is 11.5 Å². The number of ether oxygens (including phenoxy) is 2. The molecule has 1 aliphatic rings. The molecule has 0 spiro atoms. The van der Waals surface area contributed by atoms with Crippen molar-refractivity contribution in [1.82, 2.24) is 15.2 Å². The van der Waals surface area contributed by atoms with Gasteiger partial charge in [0.2, 0.25) is 5.91 Å². The van der Waals surface area contributed by atoms with Gasteiger partial charge in [0.05, 0.1) is 35.9 Å². The number of hydrogen-bond acceptors (Lipinski definition) is 7. The zero-order valence-electron chi connectivity index (χ0n) is 19.9. The van der Waals surface area contributed by atoms with Crippen LogP contribution in [0.1, 0.15) is 46.4 Å². The number of carbonyl (C=O) groups excluding carboxylic acids is 4. The lowest BCUT2D eigenvalue weighted by Crippen LogP contribution is -2.41. The predicted molar refractivity (Wildman–Crippen MR) is 132 cm³/mol. The number of nitrogens with one attached hydrogen (secondary N) is 1. The quantitative estimate of drug-likeness (QED) is 0.236. The maximum atomic E-state index is 13.1. The molecule has 2 heterocycles. The lowest BCUT2D eigenvalue weighted by Gasteiger charge is -2.21. The van der Waals surface area contributed by atoms with E-state index in [0.717, 1.165) is 28.0 Å². The summed E-state index contributed by atoms with van der Waals surface area (Å²) in [7, 11) is 1.48. The molecule has 1 unspecified atom stereocenters. The molecule has 0 radical (unpaired) electrons. The summed E-state index contributed by atoms with van der Waals surface area (Å²) in [5.74, 6) is -0.360. The number of benzene rings is 2. The van der Waals surface area contributed by atoms with Crippen molar-refractivity contribution < 1.29 is 28.7 Å². The molecule has 0 fully saturated rings. The molecule has 0 bridgehead atoms. The summed E-state index contributed by atoms with van der Waals surface area (Å²) in [5.41, 5.74) is 1.21. The van der Waals surface area contributed by atoms with Gasteiger partial charge in [-0.05, 0) is 49.6 Å². The Kier molecular flexibility index (Phi) is 7.89. The second-order valence-corrected chi connectivity index (χ2v) is 8.30. The van der Waals surface area contributed by atoms with Crippen LogP contribution in [0.2, 0.25) is 0 Å². The van der Waals surface area contributed by atoms with Gasteiger partial charge in [-0.15, -0.1) is 0 Å². The van der Waals surface area contributed by atoms with Gasteiger partial charge in [0.25, 0.3) is 11.8 Å². The number of pyridine rings is 1. The molecule has 1 aliphatic heterocycles. The summed E-state index contributed by atoms with van der Waals surface area (Å²) >= 11 is 0. The molecule has 1 N–H and O–H groups in total. The Morgan fingerprint density at radius 1 is 1.00 bits per heavy atom. The minimum absolute atomic E-state index is 0.0219. The Bertz CT molecular complexity index is 1290. The Hall–Kier alpha value is -4.27. The molecular weight excluding hydrogens is 462 g/mol. The largest absolute Gasteiger partial charge is 0.493 e. The van der Waals surface area contributed by atoms with E-state index in [4.69, 9.17) is 9.47 Å². The molecule has 9 nitrogen and oxygen atoms in total. The van der Waals surface area contributed by atoms with Gasteiger partial charge in [0.1, 0.15) is 17.8 Å². The van der Waals surface area contributed by atoms with Crippen LogP contribution in [0.5, 0.6) is 11.5 Å². The molecule has 4 rings (SSSR count). The average Bonchev–Trinajstić information content (AvgIpc) is 3.16. The number of amides is 3. The number of hydrogen-bond donors (Lipinski definition) is 1. The fourth-order valence-corrected chi connectivity index (χ4v) is 4.12. The van der Waals surface area contributed by atoms with E-state index in [1.165, 1.54) is 13.1 Å². The lowest BCUT2D eigenvalue weighted by atomic mass is 10.1. The Labute approximate surface area is 208 Å². The van der Waals surface area contributed by atoms with Crippen LogP contribution >= 0.6 is 0 Å². The van der Waals surface area contributed by atoms with Crippen LogP contribution < -0.4 is 14.8 Å².